The lowest BCUT2D eigenvalue weighted by Crippen LogP contribution is -2.39. The number of carbonyl (C=O) groups excluding carboxylic acids is 3. The molecule has 1 aromatic carbocycles. The van der Waals surface area contributed by atoms with Crippen molar-refractivity contribution in [2.24, 2.45) is 11.8 Å². The van der Waals surface area contributed by atoms with Crippen LogP contribution in [0.2, 0.25) is 0 Å². The highest BCUT2D eigenvalue weighted by Crippen LogP contribution is 2.41. The van der Waals surface area contributed by atoms with Crippen molar-refractivity contribution in [3.05, 3.63) is 35.4 Å². The number of amides is 2. The third-order valence-corrected chi connectivity index (χ3v) is 5.96. The first kappa shape index (κ1) is 16.3. The summed E-state index contributed by atoms with van der Waals surface area (Å²) in [4.78, 5) is 37.9. The largest absolute Gasteiger partial charge is 0.461 e. The van der Waals surface area contributed by atoms with Gasteiger partial charge < -0.3 is 4.74 Å². The van der Waals surface area contributed by atoms with Crippen LogP contribution in [0.15, 0.2) is 24.3 Å². The number of hydrogen-bond acceptors (Lipinski definition) is 4. The number of ether oxygens (including phenoxy) is 1. The number of hydrogen-bond donors (Lipinski definition) is 0. The second-order valence-electron chi connectivity index (χ2n) is 7.47. The van der Waals surface area contributed by atoms with Crippen LogP contribution in [0, 0.1) is 11.8 Å². The fraction of sp³-hybridized carbons (Fsp3) is 0.550. The molecule has 1 heterocycles. The van der Waals surface area contributed by atoms with E-state index in [1.807, 2.05) is 0 Å². The summed E-state index contributed by atoms with van der Waals surface area (Å²) < 4.78 is 5.61. The maximum Gasteiger partial charge on any atom is 0.326 e. The lowest BCUT2D eigenvalue weighted by atomic mass is 9.70. The fourth-order valence-electron chi connectivity index (χ4n) is 4.67. The zero-order chi connectivity index (χ0) is 17.4. The van der Waals surface area contributed by atoms with Gasteiger partial charge in [0.05, 0.1) is 11.1 Å². The van der Waals surface area contributed by atoms with Gasteiger partial charge in [0.15, 0.2) is 0 Å². The molecule has 0 spiro atoms. The second-order valence-corrected chi connectivity index (χ2v) is 7.47. The lowest BCUT2D eigenvalue weighted by Gasteiger charge is -2.38. The van der Waals surface area contributed by atoms with E-state index in [1.54, 1.807) is 24.3 Å². The van der Waals surface area contributed by atoms with Crippen LogP contribution in [0.25, 0.3) is 0 Å². The molecule has 1 aromatic rings. The third-order valence-electron chi connectivity index (χ3n) is 5.96. The van der Waals surface area contributed by atoms with Crippen molar-refractivity contribution in [2.75, 3.05) is 6.54 Å². The first-order valence-electron chi connectivity index (χ1n) is 9.28. The highest BCUT2D eigenvalue weighted by atomic mass is 16.5. The van der Waals surface area contributed by atoms with Crippen molar-refractivity contribution in [1.29, 1.82) is 0 Å². The lowest BCUT2D eigenvalue weighted by molar-refractivity contribution is -0.152. The zero-order valence-electron chi connectivity index (χ0n) is 14.3. The van der Waals surface area contributed by atoms with Crippen LogP contribution in [0.1, 0.15) is 65.7 Å². The molecule has 0 N–H and O–H groups in total. The minimum atomic E-state index is -0.478. The molecule has 4 rings (SSSR count). The molecule has 132 valence electrons. The molecule has 0 unspecified atom stereocenters. The molecule has 2 amide bonds. The van der Waals surface area contributed by atoms with E-state index in [4.69, 9.17) is 4.74 Å². The minimum Gasteiger partial charge on any atom is -0.461 e. The van der Waals surface area contributed by atoms with Crippen molar-refractivity contribution in [3.8, 4) is 0 Å². The predicted molar refractivity (Wildman–Crippen MR) is 91.0 cm³/mol. The van der Waals surface area contributed by atoms with E-state index in [-0.39, 0.29) is 12.6 Å². The molecule has 0 aromatic heterocycles. The Hall–Kier alpha value is -2.17. The van der Waals surface area contributed by atoms with E-state index < -0.39 is 17.8 Å². The minimum absolute atomic E-state index is 0.0676. The predicted octanol–water partition coefficient (Wildman–Crippen LogP) is 3.18. The van der Waals surface area contributed by atoms with Crippen LogP contribution in [-0.4, -0.2) is 35.3 Å². The average molecular weight is 341 g/mol. The van der Waals surface area contributed by atoms with Crippen molar-refractivity contribution in [1.82, 2.24) is 4.90 Å². The van der Waals surface area contributed by atoms with Gasteiger partial charge in [-0.25, -0.2) is 0 Å². The second kappa shape index (κ2) is 6.62. The van der Waals surface area contributed by atoms with E-state index in [2.05, 4.69) is 0 Å². The Labute approximate surface area is 147 Å². The van der Waals surface area contributed by atoms with Gasteiger partial charge in [0.2, 0.25) is 0 Å². The Morgan fingerprint density at radius 2 is 1.60 bits per heavy atom. The summed E-state index contributed by atoms with van der Waals surface area (Å²) in [5, 5.41) is 0. The molecule has 5 heteroatoms. The Morgan fingerprint density at radius 1 is 0.960 bits per heavy atom. The molecule has 2 aliphatic carbocycles. The van der Waals surface area contributed by atoms with Crippen LogP contribution < -0.4 is 0 Å². The van der Waals surface area contributed by atoms with E-state index in [0.29, 0.717) is 17.0 Å². The molecule has 5 nitrogen and oxygen atoms in total. The monoisotopic (exact) mass is 341 g/mol. The number of esters is 1. The van der Waals surface area contributed by atoms with Crippen LogP contribution in [0.3, 0.4) is 0 Å². The quantitative estimate of drug-likeness (QED) is 0.626. The SMILES string of the molecule is O=C(CN1C(=O)c2ccccc2C1=O)O[C@H]1CC[C@H]2CCCC[C@@H]2C1. The number of nitrogens with zero attached hydrogens (tertiary/aromatic N) is 1. The smallest absolute Gasteiger partial charge is 0.326 e. The molecule has 25 heavy (non-hydrogen) atoms. The molecule has 0 bridgehead atoms. The summed E-state index contributed by atoms with van der Waals surface area (Å²) in [6, 6.07) is 6.67. The topological polar surface area (TPSA) is 63.7 Å². The fourth-order valence-corrected chi connectivity index (χ4v) is 4.67. The van der Waals surface area contributed by atoms with E-state index in [0.717, 1.165) is 30.1 Å². The Bertz CT molecular complexity index is 678. The number of benzene rings is 1. The van der Waals surface area contributed by atoms with E-state index in [9.17, 15) is 14.4 Å². The van der Waals surface area contributed by atoms with Gasteiger partial charge in [-0.2, -0.15) is 0 Å². The first-order chi connectivity index (χ1) is 12.1. The molecule has 2 saturated carbocycles. The summed E-state index contributed by atoms with van der Waals surface area (Å²) in [6.45, 7) is -0.295. The van der Waals surface area contributed by atoms with Gasteiger partial charge in [-0.15, -0.1) is 0 Å². The normalized spacial score (nSPS) is 28.5. The number of carbonyl (C=O) groups is 3. The molecule has 3 aliphatic rings. The van der Waals surface area contributed by atoms with Crippen LogP contribution in [0.5, 0.6) is 0 Å². The van der Waals surface area contributed by atoms with Gasteiger partial charge in [0.1, 0.15) is 12.6 Å². The number of fused-ring (bicyclic) bond motifs is 2. The number of imide groups is 1. The van der Waals surface area contributed by atoms with Crippen molar-refractivity contribution >= 4 is 17.8 Å². The van der Waals surface area contributed by atoms with Gasteiger partial charge in [-0.05, 0) is 43.2 Å². The van der Waals surface area contributed by atoms with Crippen molar-refractivity contribution < 1.29 is 19.1 Å². The van der Waals surface area contributed by atoms with Gasteiger partial charge in [-0.1, -0.05) is 37.8 Å². The zero-order valence-corrected chi connectivity index (χ0v) is 14.3. The highest BCUT2D eigenvalue weighted by Gasteiger charge is 2.38. The Morgan fingerprint density at radius 3 is 2.28 bits per heavy atom. The van der Waals surface area contributed by atoms with Gasteiger partial charge in [0, 0.05) is 0 Å². The molecule has 3 atom stereocenters. The molecule has 0 saturated heterocycles. The summed E-state index contributed by atoms with van der Waals surface area (Å²) in [5.41, 5.74) is 0.728. The maximum absolute atomic E-state index is 12.3. The van der Waals surface area contributed by atoms with Gasteiger partial charge in [-0.3, -0.25) is 19.3 Å². The van der Waals surface area contributed by atoms with Crippen LogP contribution >= 0.6 is 0 Å². The third kappa shape index (κ3) is 3.08. The molecule has 1 aliphatic heterocycles. The number of rotatable bonds is 3. The molecule has 0 radical (unpaired) electrons. The standard InChI is InChI=1S/C20H23NO4/c22-18(25-15-10-9-13-5-1-2-6-14(13)11-15)12-21-19(23)16-7-3-4-8-17(16)20(21)24/h3-4,7-8,13-15H,1-2,5-6,9-12H2/t13-,14-,15+/m1/s1. The van der Waals surface area contributed by atoms with Crippen LogP contribution in [0.4, 0.5) is 0 Å². The van der Waals surface area contributed by atoms with Crippen LogP contribution in [-0.2, 0) is 9.53 Å². The highest BCUT2D eigenvalue weighted by molar-refractivity contribution is 6.22. The average Bonchev–Trinajstić information content (AvgIpc) is 2.87. The summed E-state index contributed by atoms with van der Waals surface area (Å²) in [6.07, 6.45) is 8.02. The molecular weight excluding hydrogens is 318 g/mol. The van der Waals surface area contributed by atoms with Gasteiger partial charge >= 0.3 is 5.97 Å². The first-order valence-corrected chi connectivity index (χ1v) is 9.28. The van der Waals surface area contributed by atoms with E-state index in [1.165, 1.54) is 25.7 Å². The van der Waals surface area contributed by atoms with E-state index >= 15 is 0 Å². The maximum atomic E-state index is 12.3. The molecular formula is C20H23NO4. The summed E-state index contributed by atoms with van der Waals surface area (Å²) >= 11 is 0. The summed E-state index contributed by atoms with van der Waals surface area (Å²) in [7, 11) is 0. The summed E-state index contributed by atoms with van der Waals surface area (Å²) in [5.74, 6) is 0.162. The Balaban J connectivity index is 1.35. The molecule has 2 fully saturated rings. The Kier molecular flexibility index (Phi) is 4.32. The van der Waals surface area contributed by atoms with Crippen molar-refractivity contribution in [3.63, 3.8) is 0 Å². The van der Waals surface area contributed by atoms with Crippen molar-refractivity contribution in [2.45, 2.75) is 51.0 Å². The van der Waals surface area contributed by atoms with Gasteiger partial charge in [0.25, 0.3) is 11.8 Å².